The number of carbonyl (C=O) groups is 1. The fraction of sp³-hybridized carbons (Fsp3) is 0.800. The van der Waals surface area contributed by atoms with Crippen LogP contribution < -0.4 is 5.32 Å². The van der Waals surface area contributed by atoms with Crippen molar-refractivity contribution in [2.75, 3.05) is 5.75 Å². The lowest BCUT2D eigenvalue weighted by atomic mass is 10.0. The third kappa shape index (κ3) is 38.3. The molecule has 0 fully saturated rings. The van der Waals surface area contributed by atoms with Crippen molar-refractivity contribution in [1.82, 2.24) is 5.32 Å². The summed E-state index contributed by atoms with van der Waals surface area (Å²) in [6, 6.07) is -1.26. The first-order valence-electron chi connectivity index (χ1n) is 21.9. The lowest BCUT2D eigenvalue weighted by molar-refractivity contribution is -0.130. The molecule has 0 aliphatic heterocycles. The molecule has 4 N–H and O–H groups in total. The predicted octanol–water partition coefficient (Wildman–Crippen LogP) is 12.0. The van der Waals surface area contributed by atoms with E-state index in [1.54, 1.807) is 6.08 Å². The van der Waals surface area contributed by atoms with Gasteiger partial charge in [-0.25, -0.2) is 0 Å². The Hall–Kier alpha value is -1.74. The molecule has 0 saturated carbocycles. The number of hydrogen-bond acceptors (Lipinski definition) is 5. The van der Waals surface area contributed by atoms with Crippen molar-refractivity contribution in [3.8, 4) is 0 Å². The number of nitrogens with one attached hydrogen (secondary N) is 1. The van der Waals surface area contributed by atoms with E-state index in [0.717, 1.165) is 51.4 Å². The number of unbranched alkanes of at least 4 members (excludes halogenated alkanes) is 24. The summed E-state index contributed by atoms with van der Waals surface area (Å²) >= 11 is 0. The third-order valence-corrected chi connectivity index (χ3v) is 10.6. The van der Waals surface area contributed by atoms with Crippen LogP contribution in [0.25, 0.3) is 0 Å². The zero-order valence-electron chi connectivity index (χ0n) is 34.2. The molecule has 1 amide bonds. The van der Waals surface area contributed by atoms with Crippen molar-refractivity contribution in [3.63, 3.8) is 0 Å². The van der Waals surface area contributed by atoms with Crippen molar-refractivity contribution in [3.05, 3.63) is 48.6 Å². The van der Waals surface area contributed by atoms with Gasteiger partial charge in [0.05, 0.1) is 17.9 Å². The Morgan fingerprint density at radius 1 is 0.509 bits per heavy atom. The van der Waals surface area contributed by atoms with Gasteiger partial charge in [0.25, 0.3) is 10.1 Å². The maximum absolute atomic E-state index is 12.6. The summed E-state index contributed by atoms with van der Waals surface area (Å²) in [5.74, 6) is -1.57. The van der Waals surface area contributed by atoms with Gasteiger partial charge in [-0.2, -0.15) is 8.42 Å². The van der Waals surface area contributed by atoms with Crippen LogP contribution in [0.4, 0.5) is 0 Å². The van der Waals surface area contributed by atoms with Gasteiger partial charge >= 0.3 is 0 Å². The molecule has 0 spiro atoms. The minimum absolute atomic E-state index is 0.263. The summed E-state index contributed by atoms with van der Waals surface area (Å²) in [4.78, 5) is 12.6. The van der Waals surface area contributed by atoms with Crippen molar-refractivity contribution in [2.45, 2.75) is 225 Å². The minimum Gasteiger partial charge on any atom is -0.387 e. The summed E-state index contributed by atoms with van der Waals surface area (Å²) in [6.07, 6.45) is 48.8. The third-order valence-electron chi connectivity index (χ3n) is 9.81. The van der Waals surface area contributed by atoms with Gasteiger partial charge in [0.15, 0.2) is 0 Å². The molecule has 0 heterocycles. The Morgan fingerprint density at radius 2 is 0.849 bits per heavy atom. The second-order valence-corrected chi connectivity index (χ2v) is 16.6. The standard InChI is InChI=1S/C45H83NO6S/c1-3-5-7-9-11-13-15-17-19-21-23-25-27-29-31-33-35-37-39-43(47)42(41-53(50,51)52)46-45(49)44(48)40-38-36-34-32-30-28-26-24-22-20-18-16-14-12-10-8-6-4-2/h21-24,29,31,37,39,42-44,47-48H,3-20,25-28,30,32-36,38,40-41H2,1-2H3,(H,46,49)(H,50,51,52)/b23-21+,24-22-,31-29+,39-37+. The zero-order valence-corrected chi connectivity index (χ0v) is 35.1. The fourth-order valence-electron chi connectivity index (χ4n) is 6.42. The summed E-state index contributed by atoms with van der Waals surface area (Å²) in [5.41, 5.74) is 0. The Bertz CT molecular complexity index is 1040. The number of aliphatic hydroxyl groups is 2. The normalized spacial score (nSPS) is 14.3. The average molecular weight is 766 g/mol. The van der Waals surface area contributed by atoms with Crippen LogP contribution in [0.3, 0.4) is 0 Å². The molecule has 53 heavy (non-hydrogen) atoms. The van der Waals surface area contributed by atoms with E-state index in [4.69, 9.17) is 0 Å². The predicted molar refractivity (Wildman–Crippen MR) is 227 cm³/mol. The van der Waals surface area contributed by atoms with Crippen molar-refractivity contribution < 1.29 is 28.0 Å². The topological polar surface area (TPSA) is 124 Å². The van der Waals surface area contributed by atoms with E-state index >= 15 is 0 Å². The fourth-order valence-corrected chi connectivity index (χ4v) is 7.16. The minimum atomic E-state index is -4.46. The molecule has 310 valence electrons. The number of hydrogen-bond donors (Lipinski definition) is 4. The molecular weight excluding hydrogens is 683 g/mol. The van der Waals surface area contributed by atoms with Gasteiger partial charge in [-0.05, 0) is 70.6 Å². The van der Waals surface area contributed by atoms with Crippen LogP contribution in [0, 0.1) is 0 Å². The van der Waals surface area contributed by atoms with Gasteiger partial charge in [0.2, 0.25) is 5.91 Å². The van der Waals surface area contributed by atoms with Crippen LogP contribution in [-0.4, -0.2) is 53.1 Å². The average Bonchev–Trinajstić information content (AvgIpc) is 3.12. The molecule has 0 radical (unpaired) electrons. The molecule has 0 aromatic rings. The second-order valence-electron chi connectivity index (χ2n) is 15.1. The van der Waals surface area contributed by atoms with Gasteiger partial charge < -0.3 is 15.5 Å². The number of allylic oxidation sites excluding steroid dienone is 7. The Morgan fingerprint density at radius 3 is 1.25 bits per heavy atom. The zero-order chi connectivity index (χ0) is 39.1. The number of aliphatic hydroxyl groups excluding tert-OH is 2. The van der Waals surface area contributed by atoms with Crippen LogP contribution in [0.1, 0.15) is 206 Å². The smallest absolute Gasteiger partial charge is 0.267 e. The van der Waals surface area contributed by atoms with E-state index in [2.05, 4.69) is 55.6 Å². The Balaban J connectivity index is 4.09. The Kier molecular flexibility index (Phi) is 37.3. The van der Waals surface area contributed by atoms with Crippen LogP contribution in [0.5, 0.6) is 0 Å². The maximum atomic E-state index is 12.6. The first-order chi connectivity index (χ1) is 25.7. The number of rotatable bonds is 39. The molecule has 3 atom stereocenters. The van der Waals surface area contributed by atoms with E-state index in [-0.39, 0.29) is 6.42 Å². The lowest BCUT2D eigenvalue weighted by Gasteiger charge is -2.22. The van der Waals surface area contributed by atoms with E-state index in [0.29, 0.717) is 12.8 Å². The highest BCUT2D eigenvalue weighted by Crippen LogP contribution is 2.14. The molecule has 0 aromatic heterocycles. The van der Waals surface area contributed by atoms with Gasteiger partial charge in [-0.3, -0.25) is 9.35 Å². The summed E-state index contributed by atoms with van der Waals surface area (Å²) in [7, 11) is -4.46. The molecular formula is C45H83NO6S. The van der Waals surface area contributed by atoms with Crippen LogP contribution in [0.15, 0.2) is 48.6 Å². The van der Waals surface area contributed by atoms with Crippen LogP contribution in [-0.2, 0) is 14.9 Å². The van der Waals surface area contributed by atoms with Crippen molar-refractivity contribution in [2.24, 2.45) is 0 Å². The van der Waals surface area contributed by atoms with Crippen LogP contribution in [0.2, 0.25) is 0 Å². The van der Waals surface area contributed by atoms with E-state index in [1.807, 2.05) is 0 Å². The highest BCUT2D eigenvalue weighted by molar-refractivity contribution is 7.85. The maximum Gasteiger partial charge on any atom is 0.267 e. The molecule has 0 bridgehead atoms. The highest BCUT2D eigenvalue weighted by Gasteiger charge is 2.27. The van der Waals surface area contributed by atoms with Crippen LogP contribution >= 0.6 is 0 Å². The highest BCUT2D eigenvalue weighted by atomic mass is 32.2. The quantitative estimate of drug-likeness (QED) is 0.0281. The monoisotopic (exact) mass is 766 g/mol. The molecule has 0 saturated heterocycles. The molecule has 8 heteroatoms. The lowest BCUT2D eigenvalue weighted by Crippen LogP contribution is -2.50. The number of amides is 1. The van der Waals surface area contributed by atoms with Crippen molar-refractivity contribution in [1.29, 1.82) is 0 Å². The second kappa shape index (κ2) is 38.5. The molecule has 0 aromatic carbocycles. The molecule has 0 rings (SSSR count). The van der Waals surface area contributed by atoms with Gasteiger partial charge in [0, 0.05) is 0 Å². The van der Waals surface area contributed by atoms with E-state index in [1.165, 1.54) is 128 Å². The molecule has 0 aliphatic carbocycles. The summed E-state index contributed by atoms with van der Waals surface area (Å²) in [5, 5.41) is 23.4. The first kappa shape index (κ1) is 51.3. The van der Waals surface area contributed by atoms with E-state index < -0.39 is 40.0 Å². The summed E-state index contributed by atoms with van der Waals surface area (Å²) < 4.78 is 32.6. The number of carbonyl (C=O) groups excluding carboxylic acids is 1. The van der Waals surface area contributed by atoms with Gasteiger partial charge in [-0.1, -0.05) is 184 Å². The largest absolute Gasteiger partial charge is 0.387 e. The molecule has 0 aliphatic rings. The Labute approximate surface area is 327 Å². The summed E-state index contributed by atoms with van der Waals surface area (Å²) in [6.45, 7) is 4.51. The van der Waals surface area contributed by atoms with Gasteiger partial charge in [-0.15, -0.1) is 0 Å². The molecule has 3 unspecified atom stereocenters. The molecule has 7 nitrogen and oxygen atoms in total. The van der Waals surface area contributed by atoms with Crippen molar-refractivity contribution >= 4 is 16.0 Å². The first-order valence-corrected chi connectivity index (χ1v) is 23.6. The SMILES string of the molecule is CCCCCCCCCC/C=C\CCCCCCCCC(O)C(=O)NC(CS(=O)(=O)O)C(O)/C=C/CC/C=C/CC/C=C/CCCCCCCCCC. The van der Waals surface area contributed by atoms with Gasteiger partial charge in [0.1, 0.15) is 6.10 Å². The van der Waals surface area contributed by atoms with E-state index in [9.17, 15) is 28.0 Å².